The molecule has 1 aliphatic heterocycles. The molecule has 178 valence electrons. The Labute approximate surface area is 197 Å². The van der Waals surface area contributed by atoms with Crippen molar-refractivity contribution in [3.05, 3.63) is 16.7 Å². The maximum absolute atomic E-state index is 13.3. The van der Waals surface area contributed by atoms with Crippen LogP contribution in [0.1, 0.15) is 53.9 Å². The van der Waals surface area contributed by atoms with E-state index in [9.17, 15) is 9.90 Å². The second-order valence-corrected chi connectivity index (χ2v) is 10.1. The summed E-state index contributed by atoms with van der Waals surface area (Å²) in [6, 6.07) is 1.62. The number of amides is 1. The number of nitrogens with zero attached hydrogens (tertiary/aromatic N) is 4. The normalized spacial score (nSPS) is 17.2. The van der Waals surface area contributed by atoms with E-state index in [0.717, 1.165) is 19.3 Å². The highest BCUT2D eigenvalue weighted by molar-refractivity contribution is 9.10. The highest BCUT2D eigenvalue weighted by atomic mass is 79.9. The molecule has 0 bridgehead atoms. The van der Waals surface area contributed by atoms with Gasteiger partial charge in [0, 0.05) is 25.8 Å². The number of nitrogens with one attached hydrogen (secondary N) is 1. The number of carbonyl (C=O) groups is 1. The molecule has 2 N–H and O–H groups in total. The summed E-state index contributed by atoms with van der Waals surface area (Å²) in [5, 5.41) is 17.8. The minimum Gasteiger partial charge on any atom is -0.443 e. The lowest BCUT2D eigenvalue weighted by molar-refractivity contribution is 0.0512. The monoisotopic (exact) mass is 511 g/mol. The Morgan fingerprint density at radius 1 is 1.44 bits per heavy atom. The van der Waals surface area contributed by atoms with E-state index in [1.807, 2.05) is 27.7 Å². The van der Waals surface area contributed by atoms with Crippen LogP contribution in [0.5, 0.6) is 0 Å². The predicted octanol–water partition coefficient (Wildman–Crippen LogP) is 4.23. The molecule has 3 rings (SSSR count). The fourth-order valence-corrected chi connectivity index (χ4v) is 4.05. The van der Waals surface area contributed by atoms with Crippen molar-refractivity contribution in [1.29, 1.82) is 0 Å². The first kappa shape index (κ1) is 24.7. The van der Waals surface area contributed by atoms with E-state index < -0.39 is 17.8 Å². The lowest BCUT2D eigenvalue weighted by Crippen LogP contribution is -2.42. The number of halogens is 1. The van der Waals surface area contributed by atoms with Crippen LogP contribution in [-0.4, -0.2) is 63.3 Å². The van der Waals surface area contributed by atoms with Crippen LogP contribution in [0, 0.1) is 5.92 Å². The van der Waals surface area contributed by atoms with Gasteiger partial charge in [-0.15, -0.1) is 0 Å². The molecule has 0 unspecified atom stereocenters. The zero-order chi connectivity index (χ0) is 23.5. The number of fused-ring (bicyclic) bond motifs is 1. The number of hydrogen-bond donors (Lipinski definition) is 2. The van der Waals surface area contributed by atoms with E-state index in [2.05, 4.69) is 31.3 Å². The van der Waals surface area contributed by atoms with Gasteiger partial charge in [0.05, 0.1) is 22.8 Å². The van der Waals surface area contributed by atoms with Gasteiger partial charge in [0.1, 0.15) is 17.2 Å². The predicted molar refractivity (Wildman–Crippen MR) is 127 cm³/mol. The standard InChI is InChI=1S/C22H34BrN5O4/c1-6-17(14(2)29)25-18-11-19(28-20(26-18)16(23)12-24-28)27(21(30)32-22(3,4)5)13-15-7-9-31-10-8-15/h11-12,14-15,17,29H,6-10,13H2,1-5H3,(H,25,26)/t14-,17-/m0/s1. The number of aliphatic hydroxyl groups is 1. The van der Waals surface area contributed by atoms with Gasteiger partial charge in [-0.05, 0) is 68.8 Å². The van der Waals surface area contributed by atoms with Crippen LogP contribution < -0.4 is 10.2 Å². The van der Waals surface area contributed by atoms with Crippen molar-refractivity contribution in [2.24, 2.45) is 5.92 Å². The van der Waals surface area contributed by atoms with Gasteiger partial charge in [0.2, 0.25) is 0 Å². The van der Waals surface area contributed by atoms with Crippen LogP contribution >= 0.6 is 15.9 Å². The van der Waals surface area contributed by atoms with E-state index in [1.165, 1.54) is 0 Å². The molecule has 9 nitrogen and oxygen atoms in total. The van der Waals surface area contributed by atoms with Crippen molar-refractivity contribution in [3.63, 3.8) is 0 Å². The molecule has 1 aliphatic rings. The Morgan fingerprint density at radius 2 is 2.12 bits per heavy atom. The molecule has 0 saturated carbocycles. The Hall–Kier alpha value is -1.91. The summed E-state index contributed by atoms with van der Waals surface area (Å²) in [5.74, 6) is 1.40. The highest BCUT2D eigenvalue weighted by Crippen LogP contribution is 2.29. The Bertz CT molecular complexity index is 921. The van der Waals surface area contributed by atoms with E-state index in [1.54, 1.807) is 28.6 Å². The quantitative estimate of drug-likeness (QED) is 0.573. The molecule has 32 heavy (non-hydrogen) atoms. The van der Waals surface area contributed by atoms with Gasteiger partial charge >= 0.3 is 6.09 Å². The van der Waals surface area contributed by atoms with E-state index in [-0.39, 0.29) is 12.0 Å². The summed E-state index contributed by atoms with van der Waals surface area (Å²) in [4.78, 5) is 19.6. The molecule has 0 spiro atoms. The highest BCUT2D eigenvalue weighted by Gasteiger charge is 2.30. The smallest absolute Gasteiger partial charge is 0.416 e. The Balaban J connectivity index is 2.05. The summed E-state index contributed by atoms with van der Waals surface area (Å²) in [6.07, 6.45) is 3.14. The van der Waals surface area contributed by atoms with Gasteiger partial charge < -0.3 is 19.9 Å². The largest absolute Gasteiger partial charge is 0.443 e. The topological polar surface area (TPSA) is 101 Å². The first-order valence-electron chi connectivity index (χ1n) is 11.2. The van der Waals surface area contributed by atoms with E-state index in [4.69, 9.17) is 9.47 Å². The summed E-state index contributed by atoms with van der Waals surface area (Å²) < 4.78 is 13.6. The molecule has 0 radical (unpaired) electrons. The third-order valence-corrected chi connectivity index (χ3v) is 6.00. The van der Waals surface area contributed by atoms with Gasteiger partial charge in [-0.25, -0.2) is 9.78 Å². The van der Waals surface area contributed by atoms with Crippen molar-refractivity contribution in [2.45, 2.75) is 71.6 Å². The van der Waals surface area contributed by atoms with Gasteiger partial charge in [0.25, 0.3) is 0 Å². The van der Waals surface area contributed by atoms with Crippen LogP contribution in [0.2, 0.25) is 0 Å². The average molecular weight is 512 g/mol. The fraction of sp³-hybridized carbons (Fsp3) is 0.682. The number of aliphatic hydroxyl groups excluding tert-OH is 1. The molecule has 0 aliphatic carbocycles. The van der Waals surface area contributed by atoms with E-state index in [0.29, 0.717) is 41.5 Å². The maximum Gasteiger partial charge on any atom is 0.416 e. The summed E-state index contributed by atoms with van der Waals surface area (Å²) in [7, 11) is 0. The SMILES string of the molecule is CC[C@H](Nc1cc(N(CC2CCOCC2)C(=O)OC(C)(C)C)n2ncc(Br)c2n1)[C@H](C)O. The third kappa shape index (κ3) is 6.11. The van der Waals surface area contributed by atoms with Crippen LogP contribution in [0.4, 0.5) is 16.4 Å². The van der Waals surface area contributed by atoms with Crippen LogP contribution in [0.15, 0.2) is 16.7 Å². The summed E-state index contributed by atoms with van der Waals surface area (Å²) in [5.41, 5.74) is -0.0614. The Morgan fingerprint density at radius 3 is 2.72 bits per heavy atom. The number of rotatable bonds is 7. The molecule has 10 heteroatoms. The second-order valence-electron chi connectivity index (χ2n) is 9.27. The summed E-state index contributed by atoms with van der Waals surface area (Å²) >= 11 is 3.51. The molecular formula is C22H34BrN5O4. The number of carbonyl (C=O) groups excluding carboxylic acids is 1. The van der Waals surface area contributed by atoms with Gasteiger partial charge in [-0.2, -0.15) is 9.61 Å². The zero-order valence-electron chi connectivity index (χ0n) is 19.5. The molecule has 1 saturated heterocycles. The zero-order valence-corrected chi connectivity index (χ0v) is 21.1. The number of anilines is 2. The molecule has 2 atom stereocenters. The lowest BCUT2D eigenvalue weighted by Gasteiger charge is -2.32. The van der Waals surface area contributed by atoms with Gasteiger partial charge in [-0.1, -0.05) is 6.92 Å². The molecule has 2 aromatic rings. The summed E-state index contributed by atoms with van der Waals surface area (Å²) in [6.45, 7) is 11.2. The molecule has 3 heterocycles. The maximum atomic E-state index is 13.3. The van der Waals surface area contributed by atoms with Gasteiger partial charge in [0.15, 0.2) is 5.65 Å². The molecule has 0 aromatic carbocycles. The molecule has 1 amide bonds. The van der Waals surface area contributed by atoms with Crippen molar-refractivity contribution in [2.75, 3.05) is 30.0 Å². The lowest BCUT2D eigenvalue weighted by atomic mass is 10.00. The number of aromatic nitrogens is 3. The molecule has 2 aromatic heterocycles. The van der Waals surface area contributed by atoms with Crippen LogP contribution in [-0.2, 0) is 9.47 Å². The van der Waals surface area contributed by atoms with Crippen molar-refractivity contribution < 1.29 is 19.4 Å². The van der Waals surface area contributed by atoms with Gasteiger partial charge in [-0.3, -0.25) is 4.90 Å². The molecule has 1 fully saturated rings. The number of ether oxygens (including phenoxy) is 2. The minimum absolute atomic E-state index is 0.176. The van der Waals surface area contributed by atoms with Crippen LogP contribution in [0.25, 0.3) is 5.65 Å². The van der Waals surface area contributed by atoms with E-state index >= 15 is 0 Å². The first-order chi connectivity index (χ1) is 15.1. The fourth-order valence-electron chi connectivity index (χ4n) is 3.71. The van der Waals surface area contributed by atoms with Crippen molar-refractivity contribution in [1.82, 2.24) is 14.6 Å². The van der Waals surface area contributed by atoms with Crippen molar-refractivity contribution >= 4 is 39.3 Å². The first-order valence-corrected chi connectivity index (χ1v) is 12.0. The molecular weight excluding hydrogens is 478 g/mol. The third-order valence-electron chi connectivity index (χ3n) is 5.44. The average Bonchev–Trinajstić information content (AvgIpc) is 3.10. The Kier molecular flexibility index (Phi) is 8.00. The van der Waals surface area contributed by atoms with Crippen LogP contribution in [0.3, 0.4) is 0 Å². The number of hydrogen-bond acceptors (Lipinski definition) is 7. The minimum atomic E-state index is -0.636. The van der Waals surface area contributed by atoms with Crippen molar-refractivity contribution in [3.8, 4) is 0 Å². The second kappa shape index (κ2) is 10.4.